The zero-order valence-electron chi connectivity index (χ0n) is 12.1. The fourth-order valence-corrected chi connectivity index (χ4v) is 2.99. The first-order valence-corrected chi connectivity index (χ1v) is 6.81. The Kier molecular flexibility index (Phi) is 3.83. The van der Waals surface area contributed by atoms with E-state index in [1.165, 1.54) is 16.7 Å². The van der Waals surface area contributed by atoms with Crippen molar-refractivity contribution < 1.29 is 14.6 Å². The van der Waals surface area contributed by atoms with Gasteiger partial charge in [-0.05, 0) is 67.3 Å². The Balaban J connectivity index is 2.09. The number of carboxylic acid groups (broad SMARTS) is 1. The van der Waals surface area contributed by atoms with Gasteiger partial charge in [0, 0.05) is 0 Å². The number of rotatable bonds is 5. The Morgan fingerprint density at radius 2 is 2.00 bits per heavy atom. The van der Waals surface area contributed by atoms with Gasteiger partial charge in [0.25, 0.3) is 0 Å². The van der Waals surface area contributed by atoms with Crippen LogP contribution in [-0.4, -0.2) is 18.2 Å². The second-order valence-electron chi connectivity index (χ2n) is 5.77. The number of hydrogen-bond acceptors (Lipinski definition) is 2. The molecule has 19 heavy (non-hydrogen) atoms. The molecular formula is C16H22O3. The van der Waals surface area contributed by atoms with Gasteiger partial charge in [-0.2, -0.15) is 0 Å². The van der Waals surface area contributed by atoms with Gasteiger partial charge in [0.15, 0.2) is 0 Å². The molecule has 3 atom stereocenters. The lowest BCUT2D eigenvalue weighted by atomic mass is 9.90. The summed E-state index contributed by atoms with van der Waals surface area (Å²) in [5, 5.41) is 9.00. The van der Waals surface area contributed by atoms with E-state index in [9.17, 15) is 4.79 Å². The Bertz CT molecular complexity index is 470. The van der Waals surface area contributed by atoms with Crippen LogP contribution in [0.1, 0.15) is 30.0 Å². The largest absolute Gasteiger partial charge is 0.497 e. The van der Waals surface area contributed by atoms with E-state index in [0.717, 1.165) is 18.6 Å². The van der Waals surface area contributed by atoms with Gasteiger partial charge in [-0.25, -0.2) is 0 Å². The number of aryl methyl sites for hydroxylation is 2. The van der Waals surface area contributed by atoms with Crippen molar-refractivity contribution in [1.82, 2.24) is 0 Å². The average Bonchev–Trinajstić information content (AvgIpc) is 3.13. The van der Waals surface area contributed by atoms with Crippen LogP contribution in [0.2, 0.25) is 0 Å². The van der Waals surface area contributed by atoms with Crippen molar-refractivity contribution in [2.45, 2.75) is 33.6 Å². The van der Waals surface area contributed by atoms with Crippen molar-refractivity contribution in [3.63, 3.8) is 0 Å². The van der Waals surface area contributed by atoms with Crippen LogP contribution in [0.4, 0.5) is 0 Å². The highest BCUT2D eigenvalue weighted by Crippen LogP contribution is 2.45. The summed E-state index contributed by atoms with van der Waals surface area (Å²) < 4.78 is 5.27. The second kappa shape index (κ2) is 5.24. The van der Waals surface area contributed by atoms with Crippen molar-refractivity contribution in [1.29, 1.82) is 0 Å². The minimum atomic E-state index is -0.639. The van der Waals surface area contributed by atoms with E-state index < -0.39 is 5.97 Å². The smallest absolute Gasteiger partial charge is 0.306 e. The third kappa shape index (κ3) is 2.91. The number of benzene rings is 1. The van der Waals surface area contributed by atoms with Gasteiger partial charge in [-0.15, -0.1) is 0 Å². The fourth-order valence-electron chi connectivity index (χ4n) is 2.99. The molecule has 1 N–H and O–H groups in total. The van der Waals surface area contributed by atoms with E-state index in [-0.39, 0.29) is 5.92 Å². The van der Waals surface area contributed by atoms with Crippen molar-refractivity contribution in [2.75, 3.05) is 7.11 Å². The quantitative estimate of drug-likeness (QED) is 0.886. The maximum absolute atomic E-state index is 10.9. The first-order chi connectivity index (χ1) is 8.93. The molecule has 1 saturated carbocycles. The predicted molar refractivity (Wildman–Crippen MR) is 74.6 cm³/mol. The van der Waals surface area contributed by atoms with Crippen LogP contribution in [0, 0.1) is 31.6 Å². The molecule has 0 bridgehead atoms. The van der Waals surface area contributed by atoms with Crippen LogP contribution >= 0.6 is 0 Å². The van der Waals surface area contributed by atoms with E-state index in [1.54, 1.807) is 7.11 Å². The molecule has 0 aliphatic heterocycles. The molecule has 1 aliphatic carbocycles. The minimum absolute atomic E-state index is 0.117. The standard InChI is InChI=1S/C16H22O3/c1-9-5-12(19-4)6-10(2)13(9)7-11(3)14-8-15(14)16(17)18/h5-6,11,14-15H,7-8H2,1-4H3,(H,17,18). The summed E-state index contributed by atoms with van der Waals surface area (Å²) in [6.07, 6.45) is 1.79. The van der Waals surface area contributed by atoms with Crippen LogP contribution in [-0.2, 0) is 11.2 Å². The van der Waals surface area contributed by atoms with Gasteiger partial charge >= 0.3 is 5.97 Å². The van der Waals surface area contributed by atoms with Crippen LogP contribution in [0.25, 0.3) is 0 Å². The van der Waals surface area contributed by atoms with Gasteiger partial charge in [0.05, 0.1) is 13.0 Å². The Morgan fingerprint density at radius 1 is 1.42 bits per heavy atom. The highest BCUT2D eigenvalue weighted by molar-refractivity contribution is 5.73. The van der Waals surface area contributed by atoms with Crippen LogP contribution in [0.3, 0.4) is 0 Å². The van der Waals surface area contributed by atoms with Crippen molar-refractivity contribution in [2.24, 2.45) is 17.8 Å². The number of ether oxygens (including phenoxy) is 1. The fraction of sp³-hybridized carbons (Fsp3) is 0.562. The second-order valence-corrected chi connectivity index (χ2v) is 5.77. The van der Waals surface area contributed by atoms with Crippen molar-refractivity contribution in [3.8, 4) is 5.75 Å². The Labute approximate surface area is 114 Å². The van der Waals surface area contributed by atoms with Gasteiger partial charge in [0.2, 0.25) is 0 Å². The zero-order chi connectivity index (χ0) is 14.2. The Hall–Kier alpha value is -1.51. The molecular weight excluding hydrogens is 240 g/mol. The SMILES string of the molecule is COc1cc(C)c(CC(C)C2CC2C(=O)O)c(C)c1. The topological polar surface area (TPSA) is 46.5 Å². The van der Waals surface area contributed by atoms with Crippen molar-refractivity contribution >= 4 is 5.97 Å². The molecule has 0 aromatic heterocycles. The van der Waals surface area contributed by atoms with Crippen LogP contribution < -0.4 is 4.74 Å². The number of aliphatic carboxylic acids is 1. The zero-order valence-corrected chi connectivity index (χ0v) is 12.1. The van der Waals surface area contributed by atoms with Gasteiger partial charge < -0.3 is 9.84 Å². The van der Waals surface area contributed by atoms with E-state index in [1.807, 2.05) is 0 Å². The molecule has 1 aliphatic rings. The molecule has 3 heteroatoms. The molecule has 104 valence electrons. The third-order valence-electron chi connectivity index (χ3n) is 4.32. The summed E-state index contributed by atoms with van der Waals surface area (Å²) in [7, 11) is 1.68. The molecule has 1 aromatic rings. The summed E-state index contributed by atoms with van der Waals surface area (Å²) in [5.74, 6) is 0.903. The lowest BCUT2D eigenvalue weighted by Crippen LogP contribution is -2.10. The monoisotopic (exact) mass is 262 g/mol. The maximum atomic E-state index is 10.9. The molecule has 3 unspecified atom stereocenters. The van der Waals surface area contributed by atoms with Crippen LogP contribution in [0.15, 0.2) is 12.1 Å². The van der Waals surface area contributed by atoms with Crippen LogP contribution in [0.5, 0.6) is 5.75 Å². The number of carboxylic acids is 1. The number of methoxy groups -OCH3 is 1. The van der Waals surface area contributed by atoms with E-state index in [0.29, 0.717) is 11.8 Å². The predicted octanol–water partition coefficient (Wildman–Crippen LogP) is 3.21. The first kappa shape index (κ1) is 13.9. The molecule has 1 fully saturated rings. The highest BCUT2D eigenvalue weighted by Gasteiger charge is 2.46. The molecule has 0 saturated heterocycles. The Morgan fingerprint density at radius 3 is 2.42 bits per heavy atom. The molecule has 2 rings (SSSR count). The summed E-state index contributed by atoms with van der Waals surface area (Å²) in [6.45, 7) is 6.36. The molecule has 3 nitrogen and oxygen atoms in total. The molecule has 0 spiro atoms. The lowest BCUT2D eigenvalue weighted by Gasteiger charge is -2.16. The van der Waals surface area contributed by atoms with Gasteiger partial charge in [-0.3, -0.25) is 4.79 Å². The lowest BCUT2D eigenvalue weighted by molar-refractivity contribution is -0.139. The first-order valence-electron chi connectivity index (χ1n) is 6.81. The van der Waals surface area contributed by atoms with Crippen molar-refractivity contribution in [3.05, 3.63) is 28.8 Å². The van der Waals surface area contributed by atoms with Gasteiger partial charge in [0.1, 0.15) is 5.75 Å². The summed E-state index contributed by atoms with van der Waals surface area (Å²) in [5.41, 5.74) is 3.80. The summed E-state index contributed by atoms with van der Waals surface area (Å²) in [6, 6.07) is 4.10. The third-order valence-corrected chi connectivity index (χ3v) is 4.32. The molecule has 0 radical (unpaired) electrons. The number of carbonyl (C=O) groups is 1. The van der Waals surface area contributed by atoms with E-state index >= 15 is 0 Å². The maximum Gasteiger partial charge on any atom is 0.306 e. The number of hydrogen-bond donors (Lipinski definition) is 1. The summed E-state index contributed by atoms with van der Waals surface area (Å²) >= 11 is 0. The molecule has 1 aromatic carbocycles. The molecule has 0 amide bonds. The molecule has 0 heterocycles. The average molecular weight is 262 g/mol. The van der Waals surface area contributed by atoms with E-state index in [4.69, 9.17) is 9.84 Å². The summed E-state index contributed by atoms with van der Waals surface area (Å²) in [4.78, 5) is 10.9. The van der Waals surface area contributed by atoms with E-state index in [2.05, 4.69) is 32.9 Å². The van der Waals surface area contributed by atoms with Gasteiger partial charge in [-0.1, -0.05) is 6.92 Å². The highest BCUT2D eigenvalue weighted by atomic mass is 16.5. The minimum Gasteiger partial charge on any atom is -0.497 e. The normalized spacial score (nSPS) is 22.9.